The van der Waals surface area contributed by atoms with Crippen molar-refractivity contribution in [2.24, 2.45) is 0 Å². The Kier molecular flexibility index (Phi) is 8.61. The second-order valence-corrected chi connectivity index (χ2v) is 7.02. The van der Waals surface area contributed by atoms with E-state index in [9.17, 15) is 9.59 Å². The van der Waals surface area contributed by atoms with Gasteiger partial charge in [0.2, 0.25) is 5.91 Å². The number of hydrogen-bond acceptors (Lipinski definition) is 3. The molecule has 0 aliphatic rings. The molecule has 1 unspecified atom stereocenters. The lowest BCUT2D eigenvalue weighted by atomic mass is 10.1. The van der Waals surface area contributed by atoms with Gasteiger partial charge in [-0.1, -0.05) is 54.4 Å². The highest BCUT2D eigenvalue weighted by Gasteiger charge is 2.29. The standard InChI is InChI=1S/C21H24Cl2N2O3/c1-3-19(21(27)24-4-2)25(13-15-8-5-6-11-18(15)23)20(26)14-28-17-10-7-9-16(22)12-17/h5-12,19H,3-4,13-14H2,1-2H3,(H,24,27). The summed E-state index contributed by atoms with van der Waals surface area (Å²) < 4.78 is 5.59. The van der Waals surface area contributed by atoms with Gasteiger partial charge in [0.25, 0.3) is 5.91 Å². The molecule has 2 aromatic rings. The van der Waals surface area contributed by atoms with Crippen molar-refractivity contribution in [1.29, 1.82) is 0 Å². The molecule has 0 fully saturated rings. The van der Waals surface area contributed by atoms with Crippen LogP contribution in [0.5, 0.6) is 5.75 Å². The molecule has 28 heavy (non-hydrogen) atoms. The highest BCUT2D eigenvalue weighted by Crippen LogP contribution is 2.21. The summed E-state index contributed by atoms with van der Waals surface area (Å²) in [4.78, 5) is 27.0. The van der Waals surface area contributed by atoms with E-state index in [1.807, 2.05) is 32.0 Å². The van der Waals surface area contributed by atoms with Gasteiger partial charge in [0.05, 0.1) is 0 Å². The van der Waals surface area contributed by atoms with Gasteiger partial charge in [-0.15, -0.1) is 0 Å². The van der Waals surface area contributed by atoms with Gasteiger partial charge in [-0.05, 0) is 43.2 Å². The average molecular weight is 423 g/mol. The Bertz CT molecular complexity index is 814. The lowest BCUT2D eigenvalue weighted by molar-refractivity contribution is -0.142. The first-order valence-corrected chi connectivity index (χ1v) is 9.90. The van der Waals surface area contributed by atoms with Crippen molar-refractivity contribution < 1.29 is 14.3 Å². The summed E-state index contributed by atoms with van der Waals surface area (Å²) in [7, 11) is 0. The fourth-order valence-electron chi connectivity index (χ4n) is 2.81. The minimum atomic E-state index is -0.619. The summed E-state index contributed by atoms with van der Waals surface area (Å²) in [6, 6.07) is 13.5. The summed E-state index contributed by atoms with van der Waals surface area (Å²) in [5, 5.41) is 3.85. The van der Waals surface area contributed by atoms with Crippen LogP contribution in [0.3, 0.4) is 0 Å². The zero-order valence-electron chi connectivity index (χ0n) is 16.0. The first-order chi connectivity index (χ1) is 13.5. The lowest BCUT2D eigenvalue weighted by Crippen LogP contribution is -2.50. The monoisotopic (exact) mass is 422 g/mol. The van der Waals surface area contributed by atoms with E-state index in [0.717, 1.165) is 5.56 Å². The summed E-state index contributed by atoms with van der Waals surface area (Å²) in [6.07, 6.45) is 0.471. The van der Waals surface area contributed by atoms with Crippen LogP contribution in [-0.4, -0.2) is 35.9 Å². The maximum Gasteiger partial charge on any atom is 0.261 e. The Morgan fingerprint density at radius 1 is 1.11 bits per heavy atom. The molecule has 0 saturated heterocycles. The Labute approximate surface area is 175 Å². The summed E-state index contributed by atoms with van der Waals surface area (Å²) >= 11 is 12.2. The molecule has 0 aliphatic heterocycles. The highest BCUT2D eigenvalue weighted by molar-refractivity contribution is 6.31. The third kappa shape index (κ3) is 6.14. The topological polar surface area (TPSA) is 58.6 Å². The van der Waals surface area contributed by atoms with Crippen LogP contribution in [0, 0.1) is 0 Å². The van der Waals surface area contributed by atoms with Gasteiger partial charge >= 0.3 is 0 Å². The van der Waals surface area contributed by atoms with E-state index in [0.29, 0.717) is 28.8 Å². The number of nitrogens with zero attached hydrogens (tertiary/aromatic N) is 1. The fraction of sp³-hybridized carbons (Fsp3) is 0.333. The number of carbonyl (C=O) groups excluding carboxylic acids is 2. The first kappa shape index (κ1) is 22.1. The van der Waals surface area contributed by atoms with Gasteiger partial charge in [-0.25, -0.2) is 0 Å². The minimum Gasteiger partial charge on any atom is -0.484 e. The molecule has 5 nitrogen and oxygen atoms in total. The van der Waals surface area contributed by atoms with Gasteiger partial charge in [0, 0.05) is 23.1 Å². The number of carbonyl (C=O) groups is 2. The van der Waals surface area contributed by atoms with Crippen molar-refractivity contribution in [2.45, 2.75) is 32.9 Å². The van der Waals surface area contributed by atoms with Gasteiger partial charge in [0.1, 0.15) is 11.8 Å². The molecule has 2 rings (SSSR count). The fourth-order valence-corrected chi connectivity index (χ4v) is 3.18. The second-order valence-electron chi connectivity index (χ2n) is 6.18. The van der Waals surface area contributed by atoms with Crippen molar-refractivity contribution in [3.05, 3.63) is 64.1 Å². The van der Waals surface area contributed by atoms with E-state index < -0.39 is 6.04 Å². The molecular formula is C21H24Cl2N2O3. The first-order valence-electron chi connectivity index (χ1n) is 9.15. The van der Waals surface area contributed by atoms with Crippen LogP contribution in [-0.2, 0) is 16.1 Å². The number of benzene rings is 2. The number of halogens is 2. The highest BCUT2D eigenvalue weighted by atomic mass is 35.5. The molecule has 0 saturated carbocycles. The molecule has 2 amide bonds. The number of likely N-dealkylation sites (N-methyl/N-ethyl adjacent to an activating group) is 1. The molecular weight excluding hydrogens is 399 g/mol. The van der Waals surface area contributed by atoms with E-state index in [4.69, 9.17) is 27.9 Å². The van der Waals surface area contributed by atoms with Gasteiger partial charge in [-0.2, -0.15) is 0 Å². The van der Waals surface area contributed by atoms with Crippen LogP contribution in [0.1, 0.15) is 25.8 Å². The van der Waals surface area contributed by atoms with Crippen LogP contribution in [0.15, 0.2) is 48.5 Å². The normalized spacial score (nSPS) is 11.6. The summed E-state index contributed by atoms with van der Waals surface area (Å²) in [5.41, 5.74) is 0.767. The largest absolute Gasteiger partial charge is 0.484 e. The van der Waals surface area contributed by atoms with Gasteiger partial charge < -0.3 is 15.0 Å². The molecule has 1 N–H and O–H groups in total. The average Bonchev–Trinajstić information content (AvgIpc) is 2.67. The maximum atomic E-state index is 13.0. The Morgan fingerprint density at radius 3 is 2.50 bits per heavy atom. The van der Waals surface area contributed by atoms with Crippen molar-refractivity contribution in [1.82, 2.24) is 10.2 Å². The van der Waals surface area contributed by atoms with Gasteiger partial charge in [0.15, 0.2) is 6.61 Å². The molecule has 7 heteroatoms. The predicted octanol–water partition coefficient (Wildman–Crippen LogP) is 4.32. The lowest BCUT2D eigenvalue weighted by Gasteiger charge is -2.30. The predicted molar refractivity (Wildman–Crippen MR) is 112 cm³/mol. The summed E-state index contributed by atoms with van der Waals surface area (Å²) in [6.45, 7) is 4.20. The molecule has 0 radical (unpaired) electrons. The van der Waals surface area contributed by atoms with E-state index in [1.54, 1.807) is 30.3 Å². The minimum absolute atomic E-state index is 0.201. The van der Waals surface area contributed by atoms with Crippen molar-refractivity contribution >= 4 is 35.0 Å². The number of rotatable bonds is 9. The van der Waals surface area contributed by atoms with E-state index in [-0.39, 0.29) is 25.0 Å². The molecule has 0 spiro atoms. The molecule has 0 aliphatic carbocycles. The van der Waals surface area contributed by atoms with E-state index >= 15 is 0 Å². The van der Waals surface area contributed by atoms with Crippen molar-refractivity contribution in [2.75, 3.05) is 13.2 Å². The Balaban J connectivity index is 2.21. The SMILES string of the molecule is CCNC(=O)C(CC)N(Cc1ccccc1Cl)C(=O)COc1cccc(Cl)c1. The number of nitrogens with one attached hydrogen (secondary N) is 1. The summed E-state index contributed by atoms with van der Waals surface area (Å²) in [5.74, 6) is -0.0178. The Morgan fingerprint density at radius 2 is 1.86 bits per heavy atom. The van der Waals surface area contributed by atoms with Crippen molar-refractivity contribution in [3.63, 3.8) is 0 Å². The molecule has 1 atom stereocenters. The molecule has 0 bridgehead atoms. The third-order valence-electron chi connectivity index (χ3n) is 4.19. The maximum absolute atomic E-state index is 13.0. The van der Waals surface area contributed by atoms with Crippen LogP contribution in [0.4, 0.5) is 0 Å². The molecule has 0 aromatic heterocycles. The van der Waals surface area contributed by atoms with Crippen LogP contribution < -0.4 is 10.1 Å². The molecule has 0 heterocycles. The number of ether oxygens (including phenoxy) is 1. The quantitative estimate of drug-likeness (QED) is 0.654. The second kappa shape index (κ2) is 10.9. The smallest absolute Gasteiger partial charge is 0.261 e. The zero-order valence-corrected chi connectivity index (χ0v) is 17.5. The van der Waals surface area contributed by atoms with Crippen LogP contribution in [0.2, 0.25) is 10.0 Å². The number of amides is 2. The van der Waals surface area contributed by atoms with Crippen LogP contribution in [0.25, 0.3) is 0 Å². The molecule has 2 aromatic carbocycles. The zero-order chi connectivity index (χ0) is 20.5. The van der Waals surface area contributed by atoms with Crippen LogP contribution >= 0.6 is 23.2 Å². The van der Waals surface area contributed by atoms with Gasteiger partial charge in [-0.3, -0.25) is 9.59 Å². The Hall–Kier alpha value is -2.24. The van der Waals surface area contributed by atoms with Crippen molar-refractivity contribution in [3.8, 4) is 5.75 Å². The van der Waals surface area contributed by atoms with E-state index in [1.165, 1.54) is 4.90 Å². The third-order valence-corrected chi connectivity index (χ3v) is 4.80. The number of hydrogen-bond donors (Lipinski definition) is 1. The van der Waals surface area contributed by atoms with E-state index in [2.05, 4.69) is 5.32 Å². The molecule has 150 valence electrons.